The van der Waals surface area contributed by atoms with Crippen LogP contribution in [0.2, 0.25) is 0 Å². The molecule has 2 rings (SSSR count). The fourth-order valence-electron chi connectivity index (χ4n) is 2.56. The molecular weight excluding hydrogens is 224 g/mol. The van der Waals surface area contributed by atoms with E-state index in [4.69, 9.17) is 5.26 Å². The summed E-state index contributed by atoms with van der Waals surface area (Å²) in [6, 6.07) is 9.04. The molecule has 0 aromatic heterocycles. The molecule has 1 N–H and O–H groups in total. The molecule has 0 heterocycles. The van der Waals surface area contributed by atoms with Crippen molar-refractivity contribution >= 4 is 5.91 Å². The summed E-state index contributed by atoms with van der Waals surface area (Å²) in [5.41, 5.74) is 1.20. The lowest BCUT2D eigenvalue weighted by atomic mass is 9.99. The summed E-state index contributed by atoms with van der Waals surface area (Å²) >= 11 is 0. The van der Waals surface area contributed by atoms with Gasteiger partial charge >= 0.3 is 0 Å². The van der Waals surface area contributed by atoms with E-state index in [1.165, 1.54) is 25.7 Å². The standard InChI is InChI=1S/C15H18N2O/c1-11(13-4-2-3-5-13)17-15(18)14-8-6-12(10-16)7-9-14/h6-9,11,13H,2-5H2,1H3,(H,17,18). The van der Waals surface area contributed by atoms with Gasteiger partial charge in [-0.3, -0.25) is 4.79 Å². The average Bonchev–Trinajstić information content (AvgIpc) is 2.92. The summed E-state index contributed by atoms with van der Waals surface area (Å²) < 4.78 is 0. The van der Waals surface area contributed by atoms with Gasteiger partial charge in [0.1, 0.15) is 0 Å². The molecule has 1 unspecified atom stereocenters. The molecule has 1 atom stereocenters. The van der Waals surface area contributed by atoms with Gasteiger partial charge in [-0.25, -0.2) is 0 Å². The average molecular weight is 242 g/mol. The molecule has 3 heteroatoms. The third-order valence-electron chi connectivity index (χ3n) is 3.74. The van der Waals surface area contributed by atoms with Gasteiger partial charge in [-0.2, -0.15) is 5.26 Å². The van der Waals surface area contributed by atoms with Crippen molar-refractivity contribution in [2.75, 3.05) is 0 Å². The molecule has 94 valence electrons. The molecule has 1 fully saturated rings. The van der Waals surface area contributed by atoms with Gasteiger partial charge in [0.05, 0.1) is 11.6 Å². The number of hydrogen-bond donors (Lipinski definition) is 1. The first-order valence-electron chi connectivity index (χ1n) is 6.51. The highest BCUT2D eigenvalue weighted by Gasteiger charge is 2.22. The Bertz CT molecular complexity index is 452. The number of benzene rings is 1. The maximum absolute atomic E-state index is 12.0. The fourth-order valence-corrected chi connectivity index (χ4v) is 2.56. The quantitative estimate of drug-likeness (QED) is 0.886. The SMILES string of the molecule is CC(NC(=O)c1ccc(C#N)cc1)C1CCCC1. The minimum atomic E-state index is -0.0427. The lowest BCUT2D eigenvalue weighted by Crippen LogP contribution is -2.37. The first-order chi connectivity index (χ1) is 8.70. The molecule has 1 aliphatic rings. The normalized spacial score (nSPS) is 17.1. The van der Waals surface area contributed by atoms with Crippen molar-refractivity contribution in [3.63, 3.8) is 0 Å². The minimum absolute atomic E-state index is 0.0427. The summed E-state index contributed by atoms with van der Waals surface area (Å²) in [6.45, 7) is 2.08. The number of nitriles is 1. The topological polar surface area (TPSA) is 52.9 Å². The molecular formula is C15H18N2O. The van der Waals surface area contributed by atoms with Gasteiger partial charge in [0.2, 0.25) is 0 Å². The van der Waals surface area contributed by atoms with Crippen molar-refractivity contribution in [1.82, 2.24) is 5.32 Å². The zero-order valence-electron chi connectivity index (χ0n) is 10.6. The molecule has 1 saturated carbocycles. The third kappa shape index (κ3) is 2.89. The molecule has 0 saturated heterocycles. The highest BCUT2D eigenvalue weighted by molar-refractivity contribution is 5.94. The van der Waals surface area contributed by atoms with Crippen molar-refractivity contribution in [2.24, 2.45) is 5.92 Å². The lowest BCUT2D eigenvalue weighted by molar-refractivity contribution is 0.0927. The predicted octanol–water partition coefficient (Wildman–Crippen LogP) is 2.87. The van der Waals surface area contributed by atoms with E-state index in [0.29, 0.717) is 17.0 Å². The molecule has 1 aromatic carbocycles. The van der Waals surface area contributed by atoms with Crippen LogP contribution in [0, 0.1) is 17.2 Å². The summed E-state index contributed by atoms with van der Waals surface area (Å²) in [5.74, 6) is 0.575. The first kappa shape index (κ1) is 12.6. The van der Waals surface area contributed by atoms with E-state index in [2.05, 4.69) is 12.2 Å². The maximum Gasteiger partial charge on any atom is 0.251 e. The molecule has 18 heavy (non-hydrogen) atoms. The molecule has 1 aliphatic carbocycles. The Labute approximate surface area is 108 Å². The van der Waals surface area contributed by atoms with Crippen LogP contribution in [0.4, 0.5) is 0 Å². The van der Waals surface area contributed by atoms with Crippen molar-refractivity contribution in [3.8, 4) is 6.07 Å². The van der Waals surface area contributed by atoms with Gasteiger partial charge in [-0.05, 0) is 49.9 Å². The van der Waals surface area contributed by atoms with E-state index in [0.717, 1.165) is 0 Å². The van der Waals surface area contributed by atoms with Gasteiger partial charge < -0.3 is 5.32 Å². The highest BCUT2D eigenvalue weighted by atomic mass is 16.1. The summed E-state index contributed by atoms with van der Waals surface area (Å²) in [5, 5.41) is 11.8. The van der Waals surface area contributed by atoms with Crippen molar-refractivity contribution in [3.05, 3.63) is 35.4 Å². The highest BCUT2D eigenvalue weighted by Crippen LogP contribution is 2.27. The second-order valence-electron chi connectivity index (χ2n) is 5.00. The van der Waals surface area contributed by atoms with Crippen LogP contribution in [0.15, 0.2) is 24.3 Å². The van der Waals surface area contributed by atoms with Crippen LogP contribution in [0.1, 0.15) is 48.5 Å². The number of hydrogen-bond acceptors (Lipinski definition) is 2. The second-order valence-corrected chi connectivity index (χ2v) is 5.00. The number of carbonyl (C=O) groups excluding carboxylic acids is 1. The van der Waals surface area contributed by atoms with Crippen molar-refractivity contribution in [2.45, 2.75) is 38.6 Å². The fraction of sp³-hybridized carbons (Fsp3) is 0.467. The first-order valence-corrected chi connectivity index (χ1v) is 6.51. The Morgan fingerprint density at radius 3 is 2.50 bits per heavy atom. The Morgan fingerprint density at radius 1 is 1.33 bits per heavy atom. The Kier molecular flexibility index (Phi) is 3.99. The van der Waals surface area contributed by atoms with E-state index < -0.39 is 0 Å². The number of rotatable bonds is 3. The molecule has 1 aromatic rings. The Hall–Kier alpha value is -1.82. The van der Waals surface area contributed by atoms with Gasteiger partial charge in [0, 0.05) is 11.6 Å². The number of nitrogens with one attached hydrogen (secondary N) is 1. The van der Waals surface area contributed by atoms with E-state index in [9.17, 15) is 4.79 Å². The van der Waals surface area contributed by atoms with Crippen LogP contribution in [0.5, 0.6) is 0 Å². The monoisotopic (exact) mass is 242 g/mol. The van der Waals surface area contributed by atoms with E-state index in [-0.39, 0.29) is 11.9 Å². The Balaban J connectivity index is 1.96. The summed E-state index contributed by atoms with van der Waals surface area (Å²) in [4.78, 5) is 12.0. The molecule has 0 spiro atoms. The number of carbonyl (C=O) groups is 1. The van der Waals surface area contributed by atoms with Crippen LogP contribution in [0.3, 0.4) is 0 Å². The molecule has 0 radical (unpaired) electrons. The lowest BCUT2D eigenvalue weighted by Gasteiger charge is -2.20. The summed E-state index contributed by atoms with van der Waals surface area (Å²) in [7, 11) is 0. The molecule has 0 aliphatic heterocycles. The molecule has 3 nitrogen and oxygen atoms in total. The van der Waals surface area contributed by atoms with Crippen LogP contribution >= 0.6 is 0 Å². The van der Waals surface area contributed by atoms with Crippen molar-refractivity contribution < 1.29 is 4.79 Å². The van der Waals surface area contributed by atoms with Crippen LogP contribution in [-0.2, 0) is 0 Å². The number of nitrogens with zero attached hydrogens (tertiary/aromatic N) is 1. The largest absolute Gasteiger partial charge is 0.349 e. The molecule has 1 amide bonds. The third-order valence-corrected chi connectivity index (χ3v) is 3.74. The van der Waals surface area contributed by atoms with Gasteiger partial charge in [0.25, 0.3) is 5.91 Å². The van der Waals surface area contributed by atoms with Crippen LogP contribution < -0.4 is 5.32 Å². The maximum atomic E-state index is 12.0. The van der Waals surface area contributed by atoms with Gasteiger partial charge in [-0.15, -0.1) is 0 Å². The van der Waals surface area contributed by atoms with Gasteiger partial charge in [-0.1, -0.05) is 12.8 Å². The zero-order valence-corrected chi connectivity index (χ0v) is 10.6. The predicted molar refractivity (Wildman–Crippen MR) is 70.0 cm³/mol. The summed E-state index contributed by atoms with van der Waals surface area (Å²) in [6.07, 6.45) is 4.99. The van der Waals surface area contributed by atoms with E-state index in [1.54, 1.807) is 24.3 Å². The van der Waals surface area contributed by atoms with E-state index >= 15 is 0 Å². The minimum Gasteiger partial charge on any atom is -0.349 e. The van der Waals surface area contributed by atoms with Crippen molar-refractivity contribution in [1.29, 1.82) is 5.26 Å². The van der Waals surface area contributed by atoms with Crippen LogP contribution in [-0.4, -0.2) is 11.9 Å². The zero-order chi connectivity index (χ0) is 13.0. The van der Waals surface area contributed by atoms with E-state index in [1.807, 2.05) is 6.07 Å². The Morgan fingerprint density at radius 2 is 1.94 bits per heavy atom. The smallest absolute Gasteiger partial charge is 0.251 e. The van der Waals surface area contributed by atoms with Crippen LogP contribution in [0.25, 0.3) is 0 Å². The number of amides is 1. The van der Waals surface area contributed by atoms with Gasteiger partial charge in [0.15, 0.2) is 0 Å². The second kappa shape index (κ2) is 5.68. The molecule has 0 bridgehead atoms.